The minimum Gasteiger partial charge on any atom is -0.278 e. The van der Waals surface area contributed by atoms with E-state index in [4.69, 9.17) is 9.97 Å². The highest BCUT2D eigenvalue weighted by molar-refractivity contribution is 6.22. The fraction of sp³-hybridized carbons (Fsp3) is 0.130. The molecule has 2 aromatic heterocycles. The third kappa shape index (κ3) is 3.73. The van der Waals surface area contributed by atoms with Crippen molar-refractivity contribution in [2.24, 2.45) is 0 Å². The Labute approximate surface area is 286 Å². The summed E-state index contributed by atoms with van der Waals surface area (Å²) in [6, 6.07) is 50.1. The fourth-order valence-electron chi connectivity index (χ4n) is 9.01. The molecular weight excluding hydrogens is 595 g/mol. The van der Waals surface area contributed by atoms with Gasteiger partial charge in [0.05, 0.1) is 22.4 Å². The van der Waals surface area contributed by atoms with Gasteiger partial charge in [0.1, 0.15) is 0 Å². The zero-order valence-electron chi connectivity index (χ0n) is 28.1. The van der Waals surface area contributed by atoms with Crippen molar-refractivity contribution in [1.29, 1.82) is 0 Å². The zero-order valence-corrected chi connectivity index (χ0v) is 28.1. The van der Waals surface area contributed by atoms with Gasteiger partial charge < -0.3 is 0 Å². The van der Waals surface area contributed by atoms with Crippen LogP contribution in [0.4, 0.5) is 0 Å². The monoisotopic (exact) mass is 629 g/mol. The van der Waals surface area contributed by atoms with Crippen LogP contribution in [0, 0.1) is 0 Å². The fourth-order valence-corrected chi connectivity index (χ4v) is 9.01. The molecule has 0 amide bonds. The molecular formula is C46H35N3. The summed E-state index contributed by atoms with van der Waals surface area (Å²) in [5.74, 6) is 0.686. The summed E-state index contributed by atoms with van der Waals surface area (Å²) < 4.78 is 2.38. The molecule has 3 heteroatoms. The van der Waals surface area contributed by atoms with Gasteiger partial charge in [0.25, 0.3) is 0 Å². The molecule has 2 aliphatic carbocycles. The highest BCUT2D eigenvalue weighted by Crippen LogP contribution is 2.63. The molecule has 0 fully saturated rings. The van der Waals surface area contributed by atoms with Gasteiger partial charge in [-0.2, -0.15) is 0 Å². The summed E-state index contributed by atoms with van der Waals surface area (Å²) in [5.41, 5.74) is 16.7. The molecule has 0 saturated heterocycles. The van der Waals surface area contributed by atoms with E-state index in [1.165, 1.54) is 60.8 Å². The van der Waals surface area contributed by atoms with Crippen molar-refractivity contribution >= 4 is 21.8 Å². The Kier molecular flexibility index (Phi) is 5.69. The normalized spacial score (nSPS) is 14.9. The summed E-state index contributed by atoms with van der Waals surface area (Å²) >= 11 is 0. The number of fused-ring (bicyclic) bond motifs is 12. The summed E-state index contributed by atoms with van der Waals surface area (Å²) in [4.78, 5) is 10.8. The first-order valence-electron chi connectivity index (χ1n) is 17.2. The zero-order chi connectivity index (χ0) is 33.1. The molecule has 0 unspecified atom stereocenters. The van der Waals surface area contributed by atoms with Crippen molar-refractivity contribution < 1.29 is 0 Å². The van der Waals surface area contributed by atoms with E-state index in [2.05, 4.69) is 172 Å². The lowest BCUT2D eigenvalue weighted by molar-refractivity contribution is 0.650. The molecule has 0 saturated carbocycles. The second-order valence-electron chi connectivity index (χ2n) is 14.6. The highest BCUT2D eigenvalue weighted by Gasteiger charge is 2.47. The Morgan fingerprint density at radius 2 is 0.980 bits per heavy atom. The maximum absolute atomic E-state index is 5.41. The van der Waals surface area contributed by atoms with E-state index in [9.17, 15) is 0 Å². The molecule has 0 aliphatic heterocycles. The van der Waals surface area contributed by atoms with Gasteiger partial charge in [0, 0.05) is 32.7 Å². The van der Waals surface area contributed by atoms with Gasteiger partial charge in [-0.1, -0.05) is 155 Å². The van der Waals surface area contributed by atoms with Crippen LogP contribution in [0.3, 0.4) is 0 Å². The third-order valence-electron chi connectivity index (χ3n) is 11.2. The van der Waals surface area contributed by atoms with E-state index in [0.29, 0.717) is 5.95 Å². The molecule has 0 bridgehead atoms. The number of nitrogens with zero attached hydrogens (tertiary/aromatic N) is 3. The number of benzene rings is 6. The minimum atomic E-state index is -0.254. The molecule has 3 nitrogen and oxygen atoms in total. The molecule has 234 valence electrons. The largest absolute Gasteiger partial charge is 0.278 e. The van der Waals surface area contributed by atoms with Crippen LogP contribution in [0.2, 0.25) is 0 Å². The van der Waals surface area contributed by atoms with Crippen LogP contribution < -0.4 is 0 Å². The van der Waals surface area contributed by atoms with Crippen molar-refractivity contribution in [2.75, 3.05) is 0 Å². The molecule has 49 heavy (non-hydrogen) atoms. The maximum Gasteiger partial charge on any atom is 0.235 e. The third-order valence-corrected chi connectivity index (χ3v) is 11.2. The Hall–Kier alpha value is -5.80. The lowest BCUT2D eigenvalue weighted by atomic mass is 9.76. The summed E-state index contributed by atoms with van der Waals surface area (Å²) in [6.45, 7) is 9.62. The Bertz CT molecular complexity index is 2580. The van der Waals surface area contributed by atoms with Crippen molar-refractivity contribution in [1.82, 2.24) is 14.5 Å². The van der Waals surface area contributed by atoms with E-state index < -0.39 is 0 Å². The average Bonchev–Trinajstić information content (AvgIpc) is 3.69. The van der Waals surface area contributed by atoms with Crippen LogP contribution >= 0.6 is 0 Å². The molecule has 0 N–H and O–H groups in total. The summed E-state index contributed by atoms with van der Waals surface area (Å²) in [5, 5.41) is 2.52. The van der Waals surface area contributed by atoms with Gasteiger partial charge in [0.2, 0.25) is 5.95 Å². The lowest BCUT2D eigenvalue weighted by Gasteiger charge is -2.28. The Morgan fingerprint density at radius 3 is 1.59 bits per heavy atom. The molecule has 2 heterocycles. The molecule has 0 radical (unpaired) electrons. The molecule has 0 atom stereocenters. The van der Waals surface area contributed by atoms with Gasteiger partial charge >= 0.3 is 0 Å². The van der Waals surface area contributed by atoms with E-state index in [-0.39, 0.29) is 10.8 Å². The number of rotatable bonds is 3. The standard InChI is InChI=1S/C46H35N3/c1-45(2)33-24-14-11-21-30(33)38-39-32-23-13-16-26-37(32)49(43(39)42-40(41(38)45)31-22-12-15-25-34(31)46(42,3)4)44-47-35(28-17-7-5-8-18-28)27-36(48-44)29-19-9-6-10-20-29/h5-27H,1-4H3. The van der Waals surface area contributed by atoms with Gasteiger partial charge in [-0.25, -0.2) is 9.97 Å². The number of hydrogen-bond acceptors (Lipinski definition) is 2. The minimum absolute atomic E-state index is 0.175. The number of para-hydroxylation sites is 1. The first-order chi connectivity index (χ1) is 23.9. The van der Waals surface area contributed by atoms with Crippen molar-refractivity contribution in [3.63, 3.8) is 0 Å². The smallest absolute Gasteiger partial charge is 0.235 e. The lowest BCUT2D eigenvalue weighted by Crippen LogP contribution is -2.20. The molecule has 0 spiro atoms. The van der Waals surface area contributed by atoms with Gasteiger partial charge in [-0.15, -0.1) is 0 Å². The molecule has 10 rings (SSSR count). The van der Waals surface area contributed by atoms with Crippen LogP contribution in [0.5, 0.6) is 0 Å². The SMILES string of the molecule is CC1(C)c2ccccc2-c2c1c1c(c3c2c2ccccc2n3-c2nc(-c3ccccc3)cc(-c3ccccc3)n2)C(C)(C)c2ccccc2-1. The second-order valence-corrected chi connectivity index (χ2v) is 14.6. The van der Waals surface area contributed by atoms with Crippen molar-refractivity contribution in [3.05, 3.63) is 162 Å². The molecule has 6 aromatic carbocycles. The number of aromatic nitrogens is 3. The summed E-state index contributed by atoms with van der Waals surface area (Å²) in [7, 11) is 0. The van der Waals surface area contributed by atoms with E-state index in [1.54, 1.807) is 0 Å². The van der Waals surface area contributed by atoms with Gasteiger partial charge in [-0.05, 0) is 56.6 Å². The average molecular weight is 630 g/mol. The quantitative estimate of drug-likeness (QED) is 0.195. The van der Waals surface area contributed by atoms with Gasteiger partial charge in [0.15, 0.2) is 0 Å². The van der Waals surface area contributed by atoms with E-state index >= 15 is 0 Å². The Balaban J connectivity index is 1.44. The van der Waals surface area contributed by atoms with Crippen LogP contribution in [0.1, 0.15) is 49.9 Å². The highest BCUT2D eigenvalue weighted by atomic mass is 15.2. The predicted molar refractivity (Wildman–Crippen MR) is 202 cm³/mol. The van der Waals surface area contributed by atoms with E-state index in [1.807, 2.05) is 0 Å². The van der Waals surface area contributed by atoms with Gasteiger partial charge in [-0.3, -0.25) is 4.57 Å². The van der Waals surface area contributed by atoms with Crippen LogP contribution in [0.25, 0.3) is 72.5 Å². The van der Waals surface area contributed by atoms with Crippen molar-refractivity contribution in [2.45, 2.75) is 38.5 Å². The molecule has 2 aliphatic rings. The van der Waals surface area contributed by atoms with E-state index in [0.717, 1.165) is 28.0 Å². The first kappa shape index (κ1) is 28.2. The van der Waals surface area contributed by atoms with Crippen LogP contribution in [-0.2, 0) is 10.8 Å². The topological polar surface area (TPSA) is 30.7 Å². The predicted octanol–water partition coefficient (Wildman–Crippen LogP) is 11.5. The summed E-state index contributed by atoms with van der Waals surface area (Å²) in [6.07, 6.45) is 0. The maximum atomic E-state index is 5.41. The van der Waals surface area contributed by atoms with Crippen LogP contribution in [-0.4, -0.2) is 14.5 Å². The molecule has 8 aromatic rings. The Morgan fingerprint density at radius 1 is 0.490 bits per heavy atom. The van der Waals surface area contributed by atoms with Crippen molar-refractivity contribution in [3.8, 4) is 50.7 Å². The first-order valence-corrected chi connectivity index (χ1v) is 17.2. The number of hydrogen-bond donors (Lipinski definition) is 0. The second kappa shape index (κ2) is 9.87. The van der Waals surface area contributed by atoms with Crippen LogP contribution in [0.15, 0.2) is 140 Å².